The molecular weight excluding hydrogens is 148 g/mol. The number of hydrogen-bond donors (Lipinski definition) is 3. The lowest BCUT2D eigenvalue weighted by atomic mass is 10.3. The molecule has 0 atom stereocenters. The lowest BCUT2D eigenvalue weighted by Crippen LogP contribution is -1.92. The van der Waals surface area contributed by atoms with Crippen LogP contribution in [0.2, 0.25) is 0 Å². The summed E-state index contributed by atoms with van der Waals surface area (Å²) in [6.45, 7) is 2.08. The summed E-state index contributed by atoms with van der Waals surface area (Å²) in [5, 5.41) is 8.59. The molecule has 1 aromatic rings. The summed E-state index contributed by atoms with van der Waals surface area (Å²) in [4.78, 5) is 5.88. The summed E-state index contributed by atoms with van der Waals surface area (Å²) in [5.41, 5.74) is 2.01. The molecular formula is C6H10N2OS. The average molecular weight is 158 g/mol. The Labute approximate surface area is 64.1 Å². The molecule has 3 nitrogen and oxygen atoms in total. The van der Waals surface area contributed by atoms with E-state index in [9.17, 15) is 0 Å². The molecule has 0 unspecified atom stereocenters. The average Bonchev–Trinajstić information content (AvgIpc) is 2.13. The van der Waals surface area contributed by atoms with E-state index >= 15 is 0 Å². The van der Waals surface area contributed by atoms with Crippen molar-refractivity contribution in [1.29, 1.82) is 0 Å². The first-order valence-corrected chi connectivity index (χ1v) is 3.53. The maximum atomic E-state index is 8.59. The van der Waals surface area contributed by atoms with Gasteiger partial charge in [0.15, 0.2) is 4.77 Å². The van der Waals surface area contributed by atoms with E-state index in [0.717, 1.165) is 11.4 Å². The number of aryl methyl sites for hydroxylation is 1. The molecule has 0 saturated carbocycles. The molecule has 3 N–H and O–H groups in total. The second-order valence-electron chi connectivity index (χ2n) is 2.16. The zero-order chi connectivity index (χ0) is 7.56. The highest BCUT2D eigenvalue weighted by Crippen LogP contribution is 2.01. The Morgan fingerprint density at radius 1 is 1.50 bits per heavy atom. The largest absolute Gasteiger partial charge is 0.396 e. The first-order valence-electron chi connectivity index (χ1n) is 3.12. The van der Waals surface area contributed by atoms with Crippen molar-refractivity contribution in [3.63, 3.8) is 0 Å². The van der Waals surface area contributed by atoms with Crippen molar-refractivity contribution in [3.05, 3.63) is 16.2 Å². The van der Waals surface area contributed by atoms with Crippen LogP contribution in [0.1, 0.15) is 11.4 Å². The molecule has 0 saturated heterocycles. The second kappa shape index (κ2) is 2.98. The number of hydrogen-bond acceptors (Lipinski definition) is 2. The van der Waals surface area contributed by atoms with Gasteiger partial charge in [0.2, 0.25) is 0 Å². The van der Waals surface area contributed by atoms with Crippen molar-refractivity contribution >= 4 is 12.2 Å². The van der Waals surface area contributed by atoms with E-state index in [4.69, 9.17) is 17.3 Å². The molecule has 10 heavy (non-hydrogen) atoms. The third-order valence-corrected chi connectivity index (χ3v) is 1.58. The first kappa shape index (κ1) is 7.50. The van der Waals surface area contributed by atoms with Gasteiger partial charge in [-0.05, 0) is 19.1 Å². The molecule has 0 fully saturated rings. The lowest BCUT2D eigenvalue weighted by Gasteiger charge is -1.92. The molecule has 0 spiro atoms. The van der Waals surface area contributed by atoms with E-state index < -0.39 is 0 Å². The van der Waals surface area contributed by atoms with E-state index in [1.807, 2.05) is 6.92 Å². The van der Waals surface area contributed by atoms with Crippen molar-refractivity contribution in [2.75, 3.05) is 6.61 Å². The minimum absolute atomic E-state index is 0.157. The predicted molar refractivity (Wildman–Crippen MR) is 41.5 cm³/mol. The highest BCUT2D eigenvalue weighted by atomic mass is 32.1. The summed E-state index contributed by atoms with van der Waals surface area (Å²) >= 11 is 4.84. The molecule has 1 rings (SSSR count). The van der Waals surface area contributed by atoms with Crippen LogP contribution in [0.5, 0.6) is 0 Å². The number of rotatable bonds is 2. The highest BCUT2D eigenvalue weighted by Gasteiger charge is 1.97. The van der Waals surface area contributed by atoms with Gasteiger partial charge in [-0.25, -0.2) is 0 Å². The Morgan fingerprint density at radius 2 is 2.20 bits per heavy atom. The van der Waals surface area contributed by atoms with Crippen LogP contribution in [0.3, 0.4) is 0 Å². The fraction of sp³-hybridized carbons (Fsp3) is 0.500. The van der Waals surface area contributed by atoms with E-state index in [0.29, 0.717) is 11.2 Å². The second-order valence-corrected chi connectivity index (χ2v) is 2.56. The van der Waals surface area contributed by atoms with Crippen LogP contribution in [0.15, 0.2) is 0 Å². The molecule has 0 aliphatic carbocycles. The van der Waals surface area contributed by atoms with E-state index in [1.165, 1.54) is 0 Å². The maximum Gasteiger partial charge on any atom is 0.174 e. The first-order chi connectivity index (χ1) is 4.74. The molecule has 1 aromatic heterocycles. The Bertz CT molecular complexity index is 263. The Balaban J connectivity index is 2.92. The molecule has 0 aromatic carbocycles. The van der Waals surface area contributed by atoms with Gasteiger partial charge in [-0.2, -0.15) is 0 Å². The van der Waals surface area contributed by atoms with Gasteiger partial charge in [0.25, 0.3) is 0 Å². The van der Waals surface area contributed by atoms with Gasteiger partial charge in [0.05, 0.1) is 0 Å². The standard InChI is InChI=1S/C6H10N2OS/c1-4-5(2-3-9)8-6(10)7-4/h9H,2-3H2,1H3,(H2,7,8,10). The highest BCUT2D eigenvalue weighted by molar-refractivity contribution is 7.71. The topological polar surface area (TPSA) is 51.8 Å². The smallest absolute Gasteiger partial charge is 0.174 e. The zero-order valence-electron chi connectivity index (χ0n) is 5.77. The van der Waals surface area contributed by atoms with Gasteiger partial charge in [0, 0.05) is 24.4 Å². The number of aromatic amines is 2. The fourth-order valence-electron chi connectivity index (χ4n) is 0.870. The summed E-state index contributed by atoms with van der Waals surface area (Å²) in [7, 11) is 0. The number of aliphatic hydroxyl groups excluding tert-OH is 1. The SMILES string of the molecule is Cc1[nH]c(=S)[nH]c1CCO. The number of imidazole rings is 1. The van der Waals surface area contributed by atoms with Gasteiger partial charge in [-0.1, -0.05) is 0 Å². The molecule has 0 bridgehead atoms. The fourth-order valence-corrected chi connectivity index (χ4v) is 1.15. The zero-order valence-corrected chi connectivity index (χ0v) is 6.59. The molecule has 0 radical (unpaired) electrons. The van der Waals surface area contributed by atoms with E-state index in [-0.39, 0.29) is 6.61 Å². The van der Waals surface area contributed by atoms with Crippen molar-refractivity contribution in [1.82, 2.24) is 9.97 Å². The minimum Gasteiger partial charge on any atom is -0.396 e. The van der Waals surface area contributed by atoms with Gasteiger partial charge in [-0.15, -0.1) is 0 Å². The van der Waals surface area contributed by atoms with Gasteiger partial charge < -0.3 is 15.1 Å². The number of nitrogens with one attached hydrogen (secondary N) is 2. The predicted octanol–water partition coefficient (Wildman–Crippen LogP) is 0.916. The Morgan fingerprint density at radius 3 is 2.60 bits per heavy atom. The molecule has 56 valence electrons. The van der Waals surface area contributed by atoms with Crippen molar-refractivity contribution < 1.29 is 5.11 Å². The van der Waals surface area contributed by atoms with Crippen LogP contribution in [-0.2, 0) is 6.42 Å². The normalized spacial score (nSPS) is 10.2. The Kier molecular flexibility index (Phi) is 2.24. The van der Waals surface area contributed by atoms with Gasteiger partial charge in [-0.3, -0.25) is 0 Å². The van der Waals surface area contributed by atoms with Crippen LogP contribution in [-0.4, -0.2) is 21.7 Å². The molecule has 4 heteroatoms. The van der Waals surface area contributed by atoms with Gasteiger partial charge >= 0.3 is 0 Å². The van der Waals surface area contributed by atoms with Crippen molar-refractivity contribution in [2.24, 2.45) is 0 Å². The van der Waals surface area contributed by atoms with Crippen molar-refractivity contribution in [3.8, 4) is 0 Å². The van der Waals surface area contributed by atoms with Crippen LogP contribution < -0.4 is 0 Å². The lowest BCUT2D eigenvalue weighted by molar-refractivity contribution is 0.298. The molecule has 1 heterocycles. The third-order valence-electron chi connectivity index (χ3n) is 1.38. The van der Waals surface area contributed by atoms with E-state index in [2.05, 4.69) is 9.97 Å². The summed E-state index contributed by atoms with van der Waals surface area (Å²) in [6.07, 6.45) is 0.638. The Hall–Kier alpha value is -0.610. The number of aromatic nitrogens is 2. The maximum absolute atomic E-state index is 8.59. The van der Waals surface area contributed by atoms with E-state index in [1.54, 1.807) is 0 Å². The number of aliphatic hydroxyl groups is 1. The molecule has 0 aliphatic heterocycles. The monoisotopic (exact) mass is 158 g/mol. The summed E-state index contributed by atoms with van der Waals surface area (Å²) < 4.78 is 0.626. The third kappa shape index (κ3) is 1.46. The minimum atomic E-state index is 0.157. The van der Waals surface area contributed by atoms with Crippen LogP contribution in [0.25, 0.3) is 0 Å². The quantitative estimate of drug-likeness (QED) is 0.560. The van der Waals surface area contributed by atoms with Crippen LogP contribution >= 0.6 is 12.2 Å². The van der Waals surface area contributed by atoms with Crippen molar-refractivity contribution in [2.45, 2.75) is 13.3 Å². The van der Waals surface area contributed by atoms with Crippen LogP contribution in [0, 0.1) is 11.7 Å². The van der Waals surface area contributed by atoms with Crippen LogP contribution in [0.4, 0.5) is 0 Å². The molecule has 0 aliphatic rings. The summed E-state index contributed by atoms with van der Waals surface area (Å²) in [6, 6.07) is 0. The van der Waals surface area contributed by atoms with Gasteiger partial charge in [0.1, 0.15) is 0 Å². The summed E-state index contributed by atoms with van der Waals surface area (Å²) in [5.74, 6) is 0. The molecule has 0 amide bonds. The number of H-pyrrole nitrogens is 2.